The van der Waals surface area contributed by atoms with Gasteiger partial charge in [-0.05, 0) is 41.0 Å². The van der Waals surface area contributed by atoms with Gasteiger partial charge in [-0.25, -0.2) is 4.79 Å². The summed E-state index contributed by atoms with van der Waals surface area (Å²) in [6.07, 6.45) is 0.977. The van der Waals surface area contributed by atoms with E-state index in [2.05, 4.69) is 29.6 Å². The van der Waals surface area contributed by atoms with E-state index in [0.29, 0.717) is 25.8 Å². The molecular weight excluding hydrogens is 432 g/mol. The Kier molecular flexibility index (Phi) is 8.82. The smallest absolute Gasteiger partial charge is 0.407 e. The number of Topliss-reactive ketones (excluding diaryl/α,β-unsaturated/α-hetero) is 1. The lowest BCUT2D eigenvalue weighted by Gasteiger charge is -2.17. The van der Waals surface area contributed by atoms with Crippen molar-refractivity contribution in [3.8, 4) is 11.1 Å². The van der Waals surface area contributed by atoms with Crippen LogP contribution >= 0.6 is 0 Å². The van der Waals surface area contributed by atoms with Gasteiger partial charge in [0.2, 0.25) is 0 Å². The average molecular weight is 467 g/mol. The number of amides is 1. The number of aliphatic carboxylic acids is 1. The van der Waals surface area contributed by atoms with Crippen molar-refractivity contribution in [2.45, 2.75) is 51.5 Å². The normalized spacial score (nSPS) is 14.2. The van der Waals surface area contributed by atoms with E-state index in [1.165, 1.54) is 11.1 Å². The van der Waals surface area contributed by atoms with E-state index in [0.717, 1.165) is 11.1 Å². The summed E-state index contributed by atoms with van der Waals surface area (Å²) in [5.41, 5.74) is 10.5. The summed E-state index contributed by atoms with van der Waals surface area (Å²) in [6, 6.07) is 15.7. The molecule has 3 rings (SSSR count). The van der Waals surface area contributed by atoms with Crippen LogP contribution in [-0.2, 0) is 14.3 Å². The molecule has 0 unspecified atom stereocenters. The fourth-order valence-electron chi connectivity index (χ4n) is 4.42. The van der Waals surface area contributed by atoms with Gasteiger partial charge in [0.1, 0.15) is 6.61 Å². The number of alkyl carbamates (subject to hydrolysis) is 1. The molecule has 0 radical (unpaired) electrons. The number of ketones is 1. The standard InChI is InChI=1S/C27H34N2O5/c1-17(2)25(28)24(30)15-18(26(31)32)9-7-8-14-29-27(33)34-16-23-21-12-5-3-10-19(21)20-11-4-6-13-22(20)23/h3-6,10-13,17-18,23,25H,7-9,14-16,28H2,1-2H3,(H,29,33)(H,31,32)/t18-,25+/m1/s1. The maximum absolute atomic E-state index is 12.2. The van der Waals surface area contributed by atoms with E-state index >= 15 is 0 Å². The summed E-state index contributed by atoms with van der Waals surface area (Å²) in [7, 11) is 0. The fraction of sp³-hybridized carbons (Fsp3) is 0.444. The highest BCUT2D eigenvalue weighted by atomic mass is 16.5. The van der Waals surface area contributed by atoms with Gasteiger partial charge in [-0.1, -0.05) is 68.8 Å². The van der Waals surface area contributed by atoms with Crippen LogP contribution < -0.4 is 11.1 Å². The predicted octanol–water partition coefficient (Wildman–Crippen LogP) is 4.34. The summed E-state index contributed by atoms with van der Waals surface area (Å²) >= 11 is 0. The summed E-state index contributed by atoms with van der Waals surface area (Å²) in [4.78, 5) is 35.9. The Labute approximate surface area is 200 Å². The van der Waals surface area contributed by atoms with Crippen molar-refractivity contribution in [2.24, 2.45) is 17.6 Å². The minimum atomic E-state index is -0.992. The predicted molar refractivity (Wildman–Crippen MR) is 130 cm³/mol. The van der Waals surface area contributed by atoms with Crippen LogP contribution in [0.25, 0.3) is 11.1 Å². The number of nitrogens with two attached hydrogens (primary N) is 1. The number of fused-ring (bicyclic) bond motifs is 3. The van der Waals surface area contributed by atoms with Crippen molar-refractivity contribution >= 4 is 17.8 Å². The molecule has 2 atom stereocenters. The Morgan fingerprint density at radius 2 is 1.59 bits per heavy atom. The lowest BCUT2D eigenvalue weighted by molar-refractivity contribution is -0.144. The van der Waals surface area contributed by atoms with Gasteiger partial charge in [0.05, 0.1) is 12.0 Å². The first-order valence-corrected chi connectivity index (χ1v) is 11.9. The SMILES string of the molecule is CC(C)[C@H](N)C(=O)C[C@@H](CCCCNC(=O)OCC1c2ccccc2-c2ccccc21)C(=O)O. The zero-order valence-corrected chi connectivity index (χ0v) is 19.8. The van der Waals surface area contributed by atoms with Crippen LogP contribution in [0.1, 0.15) is 56.6 Å². The largest absolute Gasteiger partial charge is 0.481 e. The third-order valence-electron chi connectivity index (χ3n) is 6.48. The van der Waals surface area contributed by atoms with E-state index in [-0.39, 0.29) is 30.6 Å². The fourth-order valence-corrected chi connectivity index (χ4v) is 4.42. The van der Waals surface area contributed by atoms with Crippen LogP contribution in [0.15, 0.2) is 48.5 Å². The quantitative estimate of drug-likeness (QED) is 0.401. The molecule has 0 heterocycles. The minimum absolute atomic E-state index is 0.00391. The van der Waals surface area contributed by atoms with Crippen LogP contribution in [0.5, 0.6) is 0 Å². The Morgan fingerprint density at radius 3 is 2.15 bits per heavy atom. The van der Waals surface area contributed by atoms with Crippen molar-refractivity contribution in [3.63, 3.8) is 0 Å². The number of carboxylic acid groups (broad SMARTS) is 1. The number of carboxylic acids is 1. The van der Waals surface area contributed by atoms with Crippen molar-refractivity contribution in [1.82, 2.24) is 5.32 Å². The highest BCUT2D eigenvalue weighted by Gasteiger charge is 2.29. The molecule has 0 aliphatic heterocycles. The first kappa shape index (κ1) is 25.4. The van der Waals surface area contributed by atoms with Crippen molar-refractivity contribution < 1.29 is 24.2 Å². The second-order valence-electron chi connectivity index (χ2n) is 9.22. The zero-order valence-electron chi connectivity index (χ0n) is 19.8. The Hall–Kier alpha value is -3.19. The molecule has 1 amide bonds. The van der Waals surface area contributed by atoms with Gasteiger partial charge >= 0.3 is 12.1 Å². The van der Waals surface area contributed by atoms with Crippen molar-refractivity contribution in [1.29, 1.82) is 0 Å². The Morgan fingerprint density at radius 1 is 1.00 bits per heavy atom. The van der Waals surface area contributed by atoms with E-state index in [4.69, 9.17) is 10.5 Å². The van der Waals surface area contributed by atoms with Crippen LogP contribution in [0.2, 0.25) is 0 Å². The molecule has 0 bridgehead atoms. The molecule has 0 aromatic heterocycles. The summed E-state index contributed by atoms with van der Waals surface area (Å²) < 4.78 is 5.50. The molecule has 1 aliphatic carbocycles. The number of nitrogens with one attached hydrogen (secondary N) is 1. The maximum Gasteiger partial charge on any atom is 0.407 e. The third-order valence-corrected chi connectivity index (χ3v) is 6.48. The monoisotopic (exact) mass is 466 g/mol. The summed E-state index contributed by atoms with van der Waals surface area (Å²) in [5, 5.41) is 12.2. The molecule has 0 saturated carbocycles. The van der Waals surface area contributed by atoms with E-state index < -0.39 is 24.0 Å². The topological polar surface area (TPSA) is 119 Å². The zero-order chi connectivity index (χ0) is 24.7. The Balaban J connectivity index is 1.41. The van der Waals surface area contributed by atoms with Crippen LogP contribution in [0, 0.1) is 11.8 Å². The first-order chi connectivity index (χ1) is 16.3. The van der Waals surface area contributed by atoms with Crippen molar-refractivity contribution in [3.05, 3.63) is 59.7 Å². The number of unbranched alkanes of at least 4 members (excludes halogenated alkanes) is 1. The molecule has 0 fully saturated rings. The van der Waals surface area contributed by atoms with Gasteiger partial charge in [-0.15, -0.1) is 0 Å². The van der Waals surface area contributed by atoms with Crippen LogP contribution in [0.3, 0.4) is 0 Å². The number of ether oxygens (including phenoxy) is 1. The molecule has 1 aliphatic rings. The van der Waals surface area contributed by atoms with Gasteiger partial charge in [-0.2, -0.15) is 0 Å². The minimum Gasteiger partial charge on any atom is -0.481 e. The van der Waals surface area contributed by atoms with E-state index in [1.54, 1.807) is 0 Å². The van der Waals surface area contributed by atoms with Gasteiger partial charge in [0.25, 0.3) is 0 Å². The number of carbonyl (C=O) groups excluding carboxylic acids is 2. The van der Waals surface area contributed by atoms with Gasteiger partial charge in [0, 0.05) is 18.9 Å². The number of hydrogen-bond acceptors (Lipinski definition) is 5. The van der Waals surface area contributed by atoms with Gasteiger partial charge in [0.15, 0.2) is 5.78 Å². The summed E-state index contributed by atoms with van der Waals surface area (Å²) in [5.74, 6) is -1.99. The Bertz CT molecular complexity index is 974. The molecule has 2 aromatic carbocycles. The van der Waals surface area contributed by atoms with Gasteiger partial charge < -0.3 is 20.9 Å². The lowest BCUT2D eigenvalue weighted by Crippen LogP contribution is -2.37. The molecule has 7 nitrogen and oxygen atoms in total. The van der Waals surface area contributed by atoms with Crippen LogP contribution in [-0.4, -0.2) is 42.1 Å². The molecule has 0 spiro atoms. The molecular formula is C27H34N2O5. The first-order valence-electron chi connectivity index (χ1n) is 11.9. The lowest BCUT2D eigenvalue weighted by atomic mass is 9.90. The molecule has 4 N–H and O–H groups in total. The molecule has 34 heavy (non-hydrogen) atoms. The third kappa shape index (κ3) is 6.23. The number of rotatable bonds is 12. The average Bonchev–Trinajstić information content (AvgIpc) is 3.14. The van der Waals surface area contributed by atoms with Crippen LogP contribution in [0.4, 0.5) is 4.79 Å². The van der Waals surface area contributed by atoms with Gasteiger partial charge in [-0.3, -0.25) is 9.59 Å². The second-order valence-corrected chi connectivity index (χ2v) is 9.22. The summed E-state index contributed by atoms with van der Waals surface area (Å²) in [6.45, 7) is 4.31. The maximum atomic E-state index is 12.2. The molecule has 7 heteroatoms. The number of benzene rings is 2. The highest BCUT2D eigenvalue weighted by Crippen LogP contribution is 2.44. The van der Waals surface area contributed by atoms with Crippen molar-refractivity contribution in [2.75, 3.05) is 13.2 Å². The number of carbonyl (C=O) groups is 3. The molecule has 0 saturated heterocycles. The highest BCUT2D eigenvalue weighted by molar-refractivity contribution is 5.87. The van der Waals surface area contributed by atoms with E-state index in [1.807, 2.05) is 38.1 Å². The number of hydrogen-bond donors (Lipinski definition) is 3. The van der Waals surface area contributed by atoms with E-state index in [9.17, 15) is 19.5 Å². The molecule has 182 valence electrons. The molecule has 2 aromatic rings. The second kappa shape index (κ2) is 11.8.